The van der Waals surface area contributed by atoms with Crippen LogP contribution in [0.1, 0.15) is 45.2 Å². The van der Waals surface area contributed by atoms with Gasteiger partial charge in [-0.15, -0.1) is 11.3 Å². The van der Waals surface area contributed by atoms with Gasteiger partial charge in [0.05, 0.1) is 24.0 Å². The third kappa shape index (κ3) is 5.24. The summed E-state index contributed by atoms with van der Waals surface area (Å²) in [5.74, 6) is 0.0278. The maximum absolute atomic E-state index is 12.0. The van der Waals surface area contributed by atoms with Crippen molar-refractivity contribution in [2.24, 2.45) is 0 Å². The van der Waals surface area contributed by atoms with Crippen molar-refractivity contribution in [2.45, 2.75) is 64.4 Å². The zero-order valence-electron chi connectivity index (χ0n) is 14.5. The standard InChI is InChI=1S/C17H27N3O3S/c1-12-8-20(9-13(2)23-12)10-14-11-24-17(18-14)19-16(21)6-5-15-4-3-7-22-15/h11-13,15H,3-10H2,1-2H3,(H,18,19,21). The van der Waals surface area contributed by atoms with Crippen LogP contribution in [0.3, 0.4) is 0 Å². The van der Waals surface area contributed by atoms with E-state index in [-0.39, 0.29) is 24.2 Å². The van der Waals surface area contributed by atoms with Gasteiger partial charge in [-0.05, 0) is 33.1 Å². The highest BCUT2D eigenvalue weighted by Crippen LogP contribution is 2.21. The molecule has 2 aliphatic rings. The van der Waals surface area contributed by atoms with Gasteiger partial charge in [0, 0.05) is 38.0 Å². The molecule has 6 nitrogen and oxygen atoms in total. The fraction of sp³-hybridized carbons (Fsp3) is 0.765. The Morgan fingerprint density at radius 3 is 2.92 bits per heavy atom. The number of hydrogen-bond donors (Lipinski definition) is 1. The van der Waals surface area contributed by atoms with E-state index in [1.165, 1.54) is 11.3 Å². The molecule has 0 spiro atoms. The van der Waals surface area contributed by atoms with Crippen molar-refractivity contribution in [1.29, 1.82) is 0 Å². The minimum absolute atomic E-state index is 0.0278. The van der Waals surface area contributed by atoms with Crippen LogP contribution in [-0.4, -0.2) is 53.8 Å². The van der Waals surface area contributed by atoms with Gasteiger partial charge in [-0.25, -0.2) is 4.98 Å². The second-order valence-electron chi connectivity index (χ2n) is 6.82. The largest absolute Gasteiger partial charge is 0.378 e. The van der Waals surface area contributed by atoms with Crippen molar-refractivity contribution >= 4 is 22.4 Å². The normalized spacial score (nSPS) is 28.2. The second kappa shape index (κ2) is 8.38. The second-order valence-corrected chi connectivity index (χ2v) is 7.68. The number of nitrogens with zero attached hydrogens (tertiary/aromatic N) is 2. The maximum Gasteiger partial charge on any atom is 0.226 e. The van der Waals surface area contributed by atoms with Crippen molar-refractivity contribution in [3.05, 3.63) is 11.1 Å². The Morgan fingerprint density at radius 1 is 1.42 bits per heavy atom. The van der Waals surface area contributed by atoms with Gasteiger partial charge in [-0.2, -0.15) is 0 Å². The molecular formula is C17H27N3O3S. The van der Waals surface area contributed by atoms with Gasteiger partial charge in [0.15, 0.2) is 5.13 Å². The van der Waals surface area contributed by atoms with E-state index in [0.29, 0.717) is 11.6 Å². The van der Waals surface area contributed by atoms with Crippen LogP contribution in [0.15, 0.2) is 5.38 Å². The topological polar surface area (TPSA) is 63.7 Å². The lowest BCUT2D eigenvalue weighted by Gasteiger charge is -2.34. The molecule has 3 unspecified atom stereocenters. The SMILES string of the molecule is CC1CN(Cc2csc(NC(=O)CCC3CCCO3)n2)CC(C)O1. The Bertz CT molecular complexity index is 535. The van der Waals surface area contributed by atoms with Crippen LogP contribution in [0, 0.1) is 0 Å². The average molecular weight is 353 g/mol. The number of amides is 1. The molecule has 7 heteroatoms. The average Bonchev–Trinajstić information content (AvgIpc) is 3.16. The van der Waals surface area contributed by atoms with E-state index in [4.69, 9.17) is 9.47 Å². The van der Waals surface area contributed by atoms with Gasteiger partial charge < -0.3 is 14.8 Å². The van der Waals surface area contributed by atoms with Crippen LogP contribution in [0.4, 0.5) is 5.13 Å². The van der Waals surface area contributed by atoms with Crippen molar-refractivity contribution in [3.63, 3.8) is 0 Å². The third-order valence-electron chi connectivity index (χ3n) is 4.40. The molecule has 1 amide bonds. The van der Waals surface area contributed by atoms with Crippen LogP contribution < -0.4 is 5.32 Å². The molecular weight excluding hydrogens is 326 g/mol. The van der Waals surface area contributed by atoms with E-state index in [1.54, 1.807) is 0 Å². The molecule has 1 aromatic heterocycles. The summed E-state index contributed by atoms with van der Waals surface area (Å²) in [6.45, 7) is 7.68. The number of thiazole rings is 1. The Labute approximate surface area is 147 Å². The Kier molecular flexibility index (Phi) is 6.21. The molecule has 134 valence electrons. The van der Waals surface area contributed by atoms with Gasteiger partial charge in [-0.1, -0.05) is 0 Å². The van der Waals surface area contributed by atoms with E-state index in [9.17, 15) is 4.79 Å². The molecule has 2 fully saturated rings. The number of nitrogens with one attached hydrogen (secondary N) is 1. The molecule has 3 atom stereocenters. The van der Waals surface area contributed by atoms with Gasteiger partial charge in [-0.3, -0.25) is 9.69 Å². The summed E-state index contributed by atoms with van der Waals surface area (Å²) in [7, 11) is 0. The van der Waals surface area contributed by atoms with Crippen LogP contribution in [0.25, 0.3) is 0 Å². The van der Waals surface area contributed by atoms with E-state index in [1.807, 2.05) is 5.38 Å². The molecule has 0 saturated carbocycles. The molecule has 1 aromatic rings. The smallest absolute Gasteiger partial charge is 0.226 e. The lowest BCUT2D eigenvalue weighted by Crippen LogP contribution is -2.44. The monoisotopic (exact) mass is 353 g/mol. The van der Waals surface area contributed by atoms with Crippen molar-refractivity contribution in [1.82, 2.24) is 9.88 Å². The number of carbonyl (C=O) groups is 1. The van der Waals surface area contributed by atoms with E-state index >= 15 is 0 Å². The first-order valence-corrected chi connectivity index (χ1v) is 9.70. The summed E-state index contributed by atoms with van der Waals surface area (Å²) in [6, 6.07) is 0. The van der Waals surface area contributed by atoms with Gasteiger partial charge in [0.1, 0.15) is 0 Å². The van der Waals surface area contributed by atoms with Crippen LogP contribution in [0.5, 0.6) is 0 Å². The molecule has 3 rings (SSSR count). The minimum Gasteiger partial charge on any atom is -0.378 e. The molecule has 1 N–H and O–H groups in total. The first kappa shape index (κ1) is 17.8. The van der Waals surface area contributed by atoms with Crippen LogP contribution >= 0.6 is 11.3 Å². The quantitative estimate of drug-likeness (QED) is 0.852. The maximum atomic E-state index is 12.0. The molecule has 2 aliphatic heterocycles. The van der Waals surface area contributed by atoms with Gasteiger partial charge >= 0.3 is 0 Å². The molecule has 2 saturated heterocycles. The Morgan fingerprint density at radius 2 is 2.21 bits per heavy atom. The lowest BCUT2D eigenvalue weighted by atomic mass is 10.1. The minimum atomic E-state index is 0.0278. The van der Waals surface area contributed by atoms with E-state index in [2.05, 4.69) is 29.0 Å². The van der Waals surface area contributed by atoms with E-state index in [0.717, 1.165) is 51.2 Å². The highest BCUT2D eigenvalue weighted by molar-refractivity contribution is 7.13. The van der Waals surface area contributed by atoms with Crippen molar-refractivity contribution in [2.75, 3.05) is 25.0 Å². The van der Waals surface area contributed by atoms with Crippen molar-refractivity contribution in [3.8, 4) is 0 Å². The predicted molar refractivity (Wildman–Crippen MR) is 94.2 cm³/mol. The summed E-state index contributed by atoms with van der Waals surface area (Å²) in [5, 5.41) is 5.63. The molecule has 24 heavy (non-hydrogen) atoms. The fourth-order valence-electron chi connectivity index (χ4n) is 3.43. The number of hydrogen-bond acceptors (Lipinski definition) is 6. The number of rotatable bonds is 6. The van der Waals surface area contributed by atoms with E-state index < -0.39 is 0 Å². The highest BCUT2D eigenvalue weighted by atomic mass is 32.1. The molecule has 0 radical (unpaired) electrons. The molecule has 3 heterocycles. The fourth-order valence-corrected chi connectivity index (χ4v) is 4.14. The van der Waals surface area contributed by atoms with Gasteiger partial charge in [0.25, 0.3) is 0 Å². The van der Waals surface area contributed by atoms with Crippen LogP contribution in [-0.2, 0) is 20.8 Å². The number of carbonyl (C=O) groups excluding carboxylic acids is 1. The highest BCUT2D eigenvalue weighted by Gasteiger charge is 2.23. The Hall–Kier alpha value is -1.02. The van der Waals surface area contributed by atoms with Crippen molar-refractivity contribution < 1.29 is 14.3 Å². The zero-order valence-corrected chi connectivity index (χ0v) is 15.3. The number of anilines is 1. The first-order chi connectivity index (χ1) is 11.6. The summed E-state index contributed by atoms with van der Waals surface area (Å²) in [4.78, 5) is 18.9. The number of aromatic nitrogens is 1. The number of morpholine rings is 1. The molecule has 0 bridgehead atoms. The Balaban J connectivity index is 1.43. The summed E-state index contributed by atoms with van der Waals surface area (Å²) >= 11 is 1.49. The molecule has 0 aliphatic carbocycles. The summed E-state index contributed by atoms with van der Waals surface area (Å²) in [5.41, 5.74) is 1.01. The first-order valence-electron chi connectivity index (χ1n) is 8.82. The summed E-state index contributed by atoms with van der Waals surface area (Å²) in [6.07, 6.45) is 4.25. The zero-order chi connectivity index (χ0) is 16.9. The van der Waals surface area contributed by atoms with Gasteiger partial charge in [0.2, 0.25) is 5.91 Å². The summed E-state index contributed by atoms with van der Waals surface area (Å²) < 4.78 is 11.3. The predicted octanol–water partition coefficient (Wildman–Crippen LogP) is 2.65. The molecule has 0 aromatic carbocycles. The lowest BCUT2D eigenvalue weighted by molar-refractivity contribution is -0.116. The van der Waals surface area contributed by atoms with Crippen LogP contribution in [0.2, 0.25) is 0 Å². The number of ether oxygens (including phenoxy) is 2. The third-order valence-corrected chi connectivity index (χ3v) is 5.20.